The predicted octanol–water partition coefficient (Wildman–Crippen LogP) is 22.3. The van der Waals surface area contributed by atoms with Gasteiger partial charge in [0.1, 0.15) is 19.3 Å². The highest BCUT2D eigenvalue weighted by atomic mass is 31.2. The Kier molecular flexibility index (Phi) is 66.5. The third-order valence-corrected chi connectivity index (χ3v) is 19.6. The average Bonchev–Trinajstić information content (AvgIpc) is 2.52. The van der Waals surface area contributed by atoms with Crippen LogP contribution in [0.5, 0.6) is 0 Å². The summed E-state index contributed by atoms with van der Waals surface area (Å²) in [7, 11) is -9.91. The summed E-state index contributed by atoms with van der Waals surface area (Å²) in [6, 6.07) is 0. The molecule has 5 atom stereocenters. The number of phosphoric acid groups is 2. The van der Waals surface area contributed by atoms with Crippen LogP contribution < -0.4 is 0 Å². The Balaban J connectivity index is 5.23. The molecule has 0 aromatic rings. The maximum absolute atomic E-state index is 13.1. The molecule has 0 saturated carbocycles. The summed E-state index contributed by atoms with van der Waals surface area (Å²) in [6.07, 6.45) is 55.4. The van der Waals surface area contributed by atoms with Crippen LogP contribution >= 0.6 is 15.6 Å². The topological polar surface area (TPSA) is 237 Å². The van der Waals surface area contributed by atoms with Crippen molar-refractivity contribution in [1.82, 2.24) is 0 Å². The van der Waals surface area contributed by atoms with Crippen molar-refractivity contribution in [3.05, 3.63) is 0 Å². The van der Waals surface area contributed by atoms with Crippen molar-refractivity contribution in [2.24, 2.45) is 11.8 Å². The van der Waals surface area contributed by atoms with E-state index in [1.54, 1.807) is 0 Å². The van der Waals surface area contributed by atoms with Gasteiger partial charge in [-0.05, 0) is 37.5 Å². The maximum atomic E-state index is 13.1. The van der Waals surface area contributed by atoms with E-state index < -0.39 is 97.5 Å². The Hall–Kier alpha value is -1.94. The van der Waals surface area contributed by atoms with Crippen LogP contribution in [0.15, 0.2) is 0 Å². The third kappa shape index (κ3) is 70.3. The molecule has 95 heavy (non-hydrogen) atoms. The van der Waals surface area contributed by atoms with Gasteiger partial charge in [-0.1, -0.05) is 343 Å². The molecule has 0 bridgehead atoms. The first-order valence-corrected chi connectivity index (χ1v) is 42.5. The molecule has 0 spiro atoms. The van der Waals surface area contributed by atoms with Crippen molar-refractivity contribution in [2.45, 2.75) is 413 Å². The van der Waals surface area contributed by atoms with Gasteiger partial charge in [-0.3, -0.25) is 37.3 Å². The second-order valence-electron chi connectivity index (χ2n) is 28.3. The van der Waals surface area contributed by atoms with E-state index >= 15 is 0 Å². The maximum Gasteiger partial charge on any atom is 0.472 e. The fraction of sp³-hybridized carbons (Fsp3) is 0.947. The highest BCUT2D eigenvalue weighted by Gasteiger charge is 2.30. The third-order valence-electron chi connectivity index (χ3n) is 17.7. The van der Waals surface area contributed by atoms with Crippen LogP contribution in [0.4, 0.5) is 0 Å². The van der Waals surface area contributed by atoms with Gasteiger partial charge in [0, 0.05) is 25.7 Å². The number of hydrogen-bond donors (Lipinski definition) is 3. The first kappa shape index (κ1) is 93.1. The van der Waals surface area contributed by atoms with E-state index in [9.17, 15) is 43.2 Å². The lowest BCUT2D eigenvalue weighted by atomic mass is 10.0. The number of hydrogen-bond acceptors (Lipinski definition) is 15. The first-order valence-electron chi connectivity index (χ1n) is 39.5. The summed E-state index contributed by atoms with van der Waals surface area (Å²) < 4.78 is 68.5. The molecule has 0 rings (SSSR count). The molecule has 0 heterocycles. The van der Waals surface area contributed by atoms with E-state index in [1.165, 1.54) is 212 Å². The van der Waals surface area contributed by atoms with Gasteiger partial charge in [-0.15, -0.1) is 0 Å². The Morgan fingerprint density at radius 3 is 0.716 bits per heavy atom. The number of rotatable bonds is 75. The smallest absolute Gasteiger partial charge is 0.462 e. The normalized spacial score (nSPS) is 14.0. The van der Waals surface area contributed by atoms with E-state index in [4.69, 9.17) is 37.0 Å². The van der Waals surface area contributed by atoms with Gasteiger partial charge in [0.2, 0.25) is 0 Å². The summed E-state index contributed by atoms with van der Waals surface area (Å²) in [5.74, 6) is -0.541. The lowest BCUT2D eigenvalue weighted by molar-refractivity contribution is -0.161. The van der Waals surface area contributed by atoms with Crippen LogP contribution in [0.3, 0.4) is 0 Å². The van der Waals surface area contributed by atoms with Crippen LogP contribution in [0, 0.1) is 11.8 Å². The minimum absolute atomic E-state index is 0.108. The number of ether oxygens (including phenoxy) is 4. The SMILES string of the molecule is CCCCCCCCCCCCCCCCC(=O)O[C@H](COC(=O)CCCCCCCCCCC)COP(=O)(O)OC[C@H](O)COP(=O)(O)OC[C@@H](COC(=O)CCCCCCCCCCCCCC(C)C)OC(=O)CCCCCCCCCCCCCCCCCC(C)C. The van der Waals surface area contributed by atoms with E-state index in [0.29, 0.717) is 25.7 Å². The number of unbranched alkanes of at least 4 members (excludes halogenated alkanes) is 45. The van der Waals surface area contributed by atoms with Crippen molar-refractivity contribution in [2.75, 3.05) is 39.6 Å². The summed E-state index contributed by atoms with van der Waals surface area (Å²) in [6.45, 7) is 9.62. The molecular formula is C76H148O17P2. The van der Waals surface area contributed by atoms with Crippen LogP contribution in [-0.4, -0.2) is 96.7 Å². The van der Waals surface area contributed by atoms with Crippen LogP contribution in [-0.2, 0) is 65.4 Å². The van der Waals surface area contributed by atoms with Gasteiger partial charge >= 0.3 is 39.5 Å². The molecule has 2 unspecified atom stereocenters. The van der Waals surface area contributed by atoms with Gasteiger partial charge in [0.15, 0.2) is 12.2 Å². The zero-order chi connectivity index (χ0) is 70.0. The summed E-state index contributed by atoms with van der Waals surface area (Å²) in [4.78, 5) is 72.8. The zero-order valence-corrected chi connectivity index (χ0v) is 63.8. The molecule has 3 N–H and O–H groups in total. The van der Waals surface area contributed by atoms with Crippen LogP contribution in [0.1, 0.15) is 395 Å². The van der Waals surface area contributed by atoms with Crippen molar-refractivity contribution < 1.29 is 80.2 Å². The fourth-order valence-electron chi connectivity index (χ4n) is 11.7. The van der Waals surface area contributed by atoms with Crippen molar-refractivity contribution in [3.63, 3.8) is 0 Å². The number of aliphatic hydroxyl groups is 1. The van der Waals surface area contributed by atoms with Gasteiger partial charge in [-0.25, -0.2) is 9.13 Å². The van der Waals surface area contributed by atoms with E-state index in [1.807, 2.05) is 0 Å². The molecule has 0 aromatic heterocycles. The molecule has 17 nitrogen and oxygen atoms in total. The molecule has 0 aliphatic rings. The number of aliphatic hydroxyl groups excluding tert-OH is 1. The van der Waals surface area contributed by atoms with Gasteiger partial charge in [0.05, 0.1) is 26.4 Å². The van der Waals surface area contributed by atoms with Gasteiger partial charge < -0.3 is 33.8 Å². The lowest BCUT2D eigenvalue weighted by Gasteiger charge is -2.21. The first-order chi connectivity index (χ1) is 45.9. The molecule has 564 valence electrons. The quantitative estimate of drug-likeness (QED) is 0.0222. The predicted molar refractivity (Wildman–Crippen MR) is 386 cm³/mol. The molecule has 0 radical (unpaired) electrons. The summed E-state index contributed by atoms with van der Waals surface area (Å²) >= 11 is 0. The monoisotopic (exact) mass is 1400 g/mol. The van der Waals surface area contributed by atoms with Crippen LogP contribution in [0.2, 0.25) is 0 Å². The molecule has 0 aromatic carbocycles. The number of carbonyl (C=O) groups excluding carboxylic acids is 4. The van der Waals surface area contributed by atoms with Crippen molar-refractivity contribution >= 4 is 39.5 Å². The molecule has 0 aliphatic heterocycles. The number of phosphoric ester groups is 2. The minimum Gasteiger partial charge on any atom is -0.462 e. The number of esters is 4. The molecule has 0 fully saturated rings. The van der Waals surface area contributed by atoms with Crippen molar-refractivity contribution in [3.8, 4) is 0 Å². The minimum atomic E-state index is -4.96. The van der Waals surface area contributed by atoms with Gasteiger partial charge in [0.25, 0.3) is 0 Å². The average molecular weight is 1400 g/mol. The lowest BCUT2D eigenvalue weighted by Crippen LogP contribution is -2.30. The Bertz CT molecular complexity index is 1840. The Morgan fingerprint density at radius 2 is 0.484 bits per heavy atom. The largest absolute Gasteiger partial charge is 0.472 e. The molecule has 0 aliphatic carbocycles. The molecule has 0 saturated heterocycles. The second kappa shape index (κ2) is 67.9. The molecule has 19 heteroatoms. The second-order valence-corrected chi connectivity index (χ2v) is 31.3. The highest BCUT2D eigenvalue weighted by Crippen LogP contribution is 2.45. The van der Waals surface area contributed by atoms with E-state index in [2.05, 4.69) is 41.5 Å². The standard InChI is InChI=1S/C76H148O17P2/c1-7-9-11-13-15-17-18-19-24-29-36-42-48-54-60-75(80)92-71(64-86-73(78)58-52-46-40-32-16-14-12-10-8-2)66-90-94(82,83)88-62-70(77)63-89-95(84,85)91-67-72(65-87-74(79)59-53-47-41-35-31-26-28-34-39-45-51-57-69(5)6)93-76(81)61-55-49-43-37-30-25-22-20-21-23-27-33-38-44-50-56-68(3)4/h68-72,77H,7-67H2,1-6H3,(H,82,83)(H,84,85)/t70-,71+,72+/m0/s1. The molecule has 0 amide bonds. The highest BCUT2D eigenvalue weighted by molar-refractivity contribution is 7.47. The van der Waals surface area contributed by atoms with Crippen LogP contribution in [0.25, 0.3) is 0 Å². The summed E-state index contributed by atoms with van der Waals surface area (Å²) in [5, 5.41) is 10.6. The summed E-state index contributed by atoms with van der Waals surface area (Å²) in [5.41, 5.74) is 0. The molecular weight excluding hydrogens is 1250 g/mol. The Labute approximate surface area is 581 Å². The Morgan fingerprint density at radius 1 is 0.284 bits per heavy atom. The zero-order valence-electron chi connectivity index (χ0n) is 62.0. The van der Waals surface area contributed by atoms with E-state index in [0.717, 1.165) is 102 Å². The van der Waals surface area contributed by atoms with Gasteiger partial charge in [-0.2, -0.15) is 0 Å². The van der Waals surface area contributed by atoms with Crippen molar-refractivity contribution in [1.29, 1.82) is 0 Å². The van der Waals surface area contributed by atoms with E-state index in [-0.39, 0.29) is 25.7 Å². The fourth-order valence-corrected chi connectivity index (χ4v) is 13.2. The number of carbonyl (C=O) groups is 4.